The molecule has 11 heteroatoms. The Labute approximate surface area is 182 Å². The van der Waals surface area contributed by atoms with E-state index in [2.05, 4.69) is 26.2 Å². The van der Waals surface area contributed by atoms with Crippen LogP contribution in [0, 0.1) is 5.41 Å². The number of primary amides is 1. The summed E-state index contributed by atoms with van der Waals surface area (Å²) < 4.78 is 0. The number of carbonyl (C=O) groups excluding carboxylic acids is 1. The van der Waals surface area contributed by atoms with Crippen molar-refractivity contribution in [2.75, 3.05) is 0 Å². The first-order valence-corrected chi connectivity index (χ1v) is 10.3. The average Bonchev–Trinajstić information content (AvgIpc) is 2.71. The van der Waals surface area contributed by atoms with E-state index >= 15 is 0 Å². The summed E-state index contributed by atoms with van der Waals surface area (Å²) >= 11 is 0. The van der Waals surface area contributed by atoms with Gasteiger partial charge in [0.25, 0.3) is 0 Å². The van der Waals surface area contributed by atoms with Gasteiger partial charge in [-0.2, -0.15) is 5.10 Å². The van der Waals surface area contributed by atoms with E-state index < -0.39 is 24.1 Å². The Bertz CT molecular complexity index is 778. The van der Waals surface area contributed by atoms with Gasteiger partial charge in [0.2, 0.25) is 5.91 Å². The fourth-order valence-electron chi connectivity index (χ4n) is 3.50. The highest BCUT2D eigenvalue weighted by Gasteiger charge is 2.29. The first kappa shape index (κ1) is 24.1. The van der Waals surface area contributed by atoms with Crippen LogP contribution < -0.4 is 33.3 Å². The summed E-state index contributed by atoms with van der Waals surface area (Å²) in [5.74, 6) is -0.558. The second-order valence-electron chi connectivity index (χ2n) is 7.58. The van der Waals surface area contributed by atoms with Crippen molar-refractivity contribution in [1.82, 2.24) is 16.1 Å². The van der Waals surface area contributed by atoms with Crippen molar-refractivity contribution in [2.24, 2.45) is 27.3 Å². The minimum absolute atomic E-state index is 0.0380. The fraction of sp³-hybridized carbons (Fsp3) is 0.500. The molecular formula is C20H33N9O2. The standard InChI is InChI=1S/C20H33N9O2/c1-12(27-13-4-2-5-14(10-13)29-26-9-8-21)15(19(23)31)11-25-20(24)28-18-16(22)6-3-7-17(18)30/h2,4,8-12,14,16-18,21,27,29-30H,3,5-7,22H2,1H3,(H2,23,31)(H3,24,25,28)/b15-11+,21-8?,26-9-/t12?,14?,16-,17?,18-/m0/s1. The van der Waals surface area contributed by atoms with Gasteiger partial charge in [0.05, 0.1) is 36.0 Å². The molecule has 11 nitrogen and oxygen atoms in total. The Morgan fingerprint density at radius 3 is 2.84 bits per heavy atom. The highest BCUT2D eigenvalue weighted by atomic mass is 16.3. The molecule has 31 heavy (non-hydrogen) atoms. The van der Waals surface area contributed by atoms with Gasteiger partial charge in [-0.15, -0.1) is 0 Å². The molecule has 170 valence electrons. The number of nitrogens with zero attached hydrogens (tertiary/aromatic N) is 2. The van der Waals surface area contributed by atoms with Crippen molar-refractivity contribution >= 4 is 24.3 Å². The minimum Gasteiger partial charge on any atom is -0.391 e. The molecule has 1 saturated carbocycles. The van der Waals surface area contributed by atoms with Crippen LogP contribution in [0.1, 0.15) is 32.6 Å². The fourth-order valence-corrected chi connectivity index (χ4v) is 3.50. The van der Waals surface area contributed by atoms with E-state index in [0.717, 1.165) is 31.2 Å². The van der Waals surface area contributed by atoms with E-state index in [-0.39, 0.29) is 23.6 Å². The topological polar surface area (TPSA) is 200 Å². The maximum atomic E-state index is 12.0. The normalized spacial score (nSPS) is 28.0. The summed E-state index contributed by atoms with van der Waals surface area (Å²) in [7, 11) is 0. The zero-order chi connectivity index (χ0) is 22.8. The van der Waals surface area contributed by atoms with Gasteiger partial charge in [-0.25, -0.2) is 4.99 Å². The van der Waals surface area contributed by atoms with Crippen LogP contribution >= 0.6 is 0 Å². The first-order valence-electron chi connectivity index (χ1n) is 10.3. The molecule has 3 unspecified atom stereocenters. The number of rotatable bonds is 9. The van der Waals surface area contributed by atoms with E-state index in [1.165, 1.54) is 12.4 Å². The highest BCUT2D eigenvalue weighted by molar-refractivity contribution is 6.14. The van der Waals surface area contributed by atoms with Gasteiger partial charge in [0.15, 0.2) is 5.96 Å². The third-order valence-electron chi connectivity index (χ3n) is 5.13. The lowest BCUT2D eigenvalue weighted by molar-refractivity contribution is -0.114. The summed E-state index contributed by atoms with van der Waals surface area (Å²) in [6.07, 6.45) is 12.0. The van der Waals surface area contributed by atoms with E-state index in [0.29, 0.717) is 6.42 Å². The Morgan fingerprint density at radius 1 is 1.39 bits per heavy atom. The van der Waals surface area contributed by atoms with Crippen molar-refractivity contribution in [2.45, 2.75) is 62.9 Å². The van der Waals surface area contributed by atoms with E-state index in [1.54, 1.807) is 6.92 Å². The van der Waals surface area contributed by atoms with E-state index in [9.17, 15) is 9.90 Å². The number of aliphatic imine (C=N–C) groups is 1. The predicted molar refractivity (Wildman–Crippen MR) is 122 cm³/mol. The maximum absolute atomic E-state index is 12.0. The number of aliphatic hydroxyl groups excluding tert-OH is 1. The molecule has 2 aliphatic carbocycles. The van der Waals surface area contributed by atoms with Crippen LogP contribution in [0.2, 0.25) is 0 Å². The number of hydrogen-bond donors (Lipinski definition) is 8. The summed E-state index contributed by atoms with van der Waals surface area (Å²) in [6.45, 7) is 1.80. The second-order valence-corrected chi connectivity index (χ2v) is 7.58. The summed E-state index contributed by atoms with van der Waals surface area (Å²) in [5.41, 5.74) is 21.5. The Balaban J connectivity index is 2.03. The number of carbonyl (C=O) groups is 1. The molecule has 0 heterocycles. The summed E-state index contributed by atoms with van der Waals surface area (Å²) in [6, 6.07) is -1.21. The molecular weight excluding hydrogens is 398 g/mol. The molecule has 0 aliphatic heterocycles. The van der Waals surface area contributed by atoms with Gasteiger partial charge in [-0.3, -0.25) is 4.79 Å². The number of allylic oxidation sites excluding steroid dienone is 1. The van der Waals surface area contributed by atoms with Crippen LogP contribution in [0.25, 0.3) is 0 Å². The third-order valence-corrected chi connectivity index (χ3v) is 5.13. The van der Waals surface area contributed by atoms with Crippen molar-refractivity contribution in [3.05, 3.63) is 35.7 Å². The van der Waals surface area contributed by atoms with Crippen LogP contribution in [0.4, 0.5) is 0 Å². The van der Waals surface area contributed by atoms with E-state index in [4.69, 9.17) is 22.6 Å². The van der Waals surface area contributed by atoms with Gasteiger partial charge in [-0.05, 0) is 44.8 Å². The minimum atomic E-state index is -0.640. The van der Waals surface area contributed by atoms with Gasteiger partial charge in [0.1, 0.15) is 0 Å². The van der Waals surface area contributed by atoms with Crippen molar-refractivity contribution in [3.8, 4) is 0 Å². The molecule has 0 saturated heterocycles. The zero-order valence-electron chi connectivity index (χ0n) is 17.7. The number of nitrogens with two attached hydrogens (primary N) is 3. The lowest BCUT2D eigenvalue weighted by atomic mass is 9.89. The van der Waals surface area contributed by atoms with Crippen LogP contribution in [0.3, 0.4) is 0 Å². The number of nitrogens with one attached hydrogen (secondary N) is 4. The lowest BCUT2D eigenvalue weighted by Crippen LogP contribution is -2.47. The van der Waals surface area contributed by atoms with Crippen molar-refractivity contribution in [1.29, 1.82) is 5.41 Å². The number of aliphatic hydroxyl groups is 1. The molecule has 11 N–H and O–H groups in total. The summed E-state index contributed by atoms with van der Waals surface area (Å²) in [5, 5.41) is 27.0. The first-order chi connectivity index (χ1) is 14.8. The molecule has 2 rings (SSSR count). The molecule has 0 bridgehead atoms. The molecule has 0 aromatic rings. The Hall–Kier alpha value is -3.18. The maximum Gasteiger partial charge on any atom is 0.248 e. The lowest BCUT2D eigenvalue weighted by Gasteiger charge is -2.30. The number of hydrazone groups is 1. The van der Waals surface area contributed by atoms with Crippen LogP contribution in [-0.4, -0.2) is 59.7 Å². The van der Waals surface area contributed by atoms with Crippen molar-refractivity contribution < 1.29 is 9.90 Å². The molecule has 2 aliphatic rings. The number of hydrogen-bond acceptors (Lipinski definition) is 8. The predicted octanol–water partition coefficient (Wildman–Crippen LogP) is -1.08. The highest BCUT2D eigenvalue weighted by Crippen LogP contribution is 2.20. The van der Waals surface area contributed by atoms with Gasteiger partial charge in [-0.1, -0.05) is 6.08 Å². The quantitative estimate of drug-likeness (QED) is 0.0981. The van der Waals surface area contributed by atoms with Gasteiger partial charge >= 0.3 is 0 Å². The van der Waals surface area contributed by atoms with Crippen molar-refractivity contribution in [3.63, 3.8) is 0 Å². The average molecular weight is 432 g/mol. The molecule has 0 aromatic heterocycles. The molecule has 0 aromatic carbocycles. The monoisotopic (exact) mass is 431 g/mol. The van der Waals surface area contributed by atoms with Gasteiger partial charge < -0.3 is 43.8 Å². The van der Waals surface area contributed by atoms with Gasteiger partial charge in [0, 0.05) is 24.2 Å². The van der Waals surface area contributed by atoms with Crippen LogP contribution in [-0.2, 0) is 4.79 Å². The SMILES string of the molecule is CC(NC1=CC(N/N=C\C=N)CC=C1)/C(=C\NC(N)=N[C@@H]1C(O)CCC[C@@H]1N)C(N)=O. The molecule has 0 radical (unpaired) electrons. The molecule has 1 fully saturated rings. The van der Waals surface area contributed by atoms with Crippen LogP contribution in [0.15, 0.2) is 45.8 Å². The molecule has 1 amide bonds. The Morgan fingerprint density at radius 2 is 2.16 bits per heavy atom. The number of guanidine groups is 1. The second kappa shape index (κ2) is 11.9. The molecule has 5 atom stereocenters. The summed E-state index contributed by atoms with van der Waals surface area (Å²) in [4.78, 5) is 16.3. The Kier molecular flexibility index (Phi) is 9.22. The smallest absolute Gasteiger partial charge is 0.248 e. The number of amides is 1. The largest absolute Gasteiger partial charge is 0.391 e. The van der Waals surface area contributed by atoms with E-state index in [1.807, 2.05) is 18.2 Å². The zero-order valence-corrected chi connectivity index (χ0v) is 17.7. The molecule has 0 spiro atoms. The van der Waals surface area contributed by atoms with Crippen LogP contribution in [0.5, 0.6) is 0 Å². The third kappa shape index (κ3) is 7.54.